The molecule has 0 radical (unpaired) electrons. The van der Waals surface area contributed by atoms with Gasteiger partial charge < -0.3 is 16.4 Å². The van der Waals surface area contributed by atoms with Crippen LogP contribution in [-0.4, -0.2) is 24.0 Å². The number of hydrogen-bond acceptors (Lipinski definition) is 3. The summed E-state index contributed by atoms with van der Waals surface area (Å²) in [7, 11) is 0. The second-order valence-electron chi connectivity index (χ2n) is 4.08. The summed E-state index contributed by atoms with van der Waals surface area (Å²) in [6.07, 6.45) is 1.36. The number of halogens is 1. The molecule has 1 amide bonds. The number of hydrogen-bond donors (Lipinski definition) is 3. The average molecular weight is 344 g/mol. The molecule has 0 aromatic heterocycles. The summed E-state index contributed by atoms with van der Waals surface area (Å²) in [6.45, 7) is 3.28. The van der Waals surface area contributed by atoms with E-state index in [9.17, 15) is 4.79 Å². The van der Waals surface area contributed by atoms with Crippen LogP contribution in [-0.2, 0) is 4.79 Å². The van der Waals surface area contributed by atoms with Gasteiger partial charge >= 0.3 is 0 Å². The molecule has 0 aliphatic rings. The Bertz CT molecular complexity index is 465. The third-order valence-corrected chi connectivity index (χ3v) is 3.20. The average Bonchev–Trinajstić information content (AvgIpc) is 2.36. The Morgan fingerprint density at radius 2 is 2.16 bits per heavy atom. The molecule has 1 aromatic carbocycles. The van der Waals surface area contributed by atoms with Gasteiger partial charge in [0.2, 0.25) is 5.91 Å². The highest BCUT2D eigenvalue weighted by Crippen LogP contribution is 2.21. The van der Waals surface area contributed by atoms with E-state index in [0.29, 0.717) is 24.5 Å². The van der Waals surface area contributed by atoms with Gasteiger partial charge in [-0.05, 0) is 24.6 Å². The van der Waals surface area contributed by atoms with E-state index in [-0.39, 0.29) is 5.91 Å². The number of carbonyl (C=O) groups excluding carboxylic acids is 1. The van der Waals surface area contributed by atoms with Crippen LogP contribution in [0.25, 0.3) is 0 Å². The highest BCUT2D eigenvalue weighted by Gasteiger charge is 2.06. The maximum Gasteiger partial charge on any atom is 0.221 e. The van der Waals surface area contributed by atoms with Crippen LogP contribution in [0, 0.1) is 0 Å². The Morgan fingerprint density at radius 1 is 1.42 bits per heavy atom. The first-order valence-electron chi connectivity index (χ1n) is 6.14. The van der Waals surface area contributed by atoms with E-state index in [2.05, 4.69) is 26.6 Å². The molecule has 1 rings (SSSR count). The minimum atomic E-state index is 0.0428. The van der Waals surface area contributed by atoms with E-state index in [4.69, 9.17) is 18.0 Å². The van der Waals surface area contributed by atoms with E-state index in [1.807, 2.05) is 25.1 Å². The van der Waals surface area contributed by atoms with Gasteiger partial charge in [0.15, 0.2) is 0 Å². The number of nitrogens with one attached hydrogen (secondary N) is 2. The zero-order chi connectivity index (χ0) is 14.3. The third kappa shape index (κ3) is 5.57. The lowest BCUT2D eigenvalue weighted by molar-refractivity contribution is -0.120. The monoisotopic (exact) mass is 343 g/mol. The maximum absolute atomic E-state index is 11.5. The van der Waals surface area contributed by atoms with Crippen molar-refractivity contribution in [3.05, 3.63) is 28.2 Å². The highest BCUT2D eigenvalue weighted by atomic mass is 79.9. The largest absolute Gasteiger partial charge is 0.389 e. The Balaban J connectivity index is 2.55. The molecular formula is C13H18BrN3OS. The summed E-state index contributed by atoms with van der Waals surface area (Å²) in [5, 5.41) is 6.01. The fraction of sp³-hybridized carbons (Fsp3) is 0.385. The van der Waals surface area contributed by atoms with Crippen molar-refractivity contribution in [2.75, 3.05) is 18.4 Å². The number of anilines is 1. The number of carbonyl (C=O) groups is 1. The minimum absolute atomic E-state index is 0.0428. The van der Waals surface area contributed by atoms with E-state index in [0.717, 1.165) is 22.1 Å². The molecule has 0 atom stereocenters. The van der Waals surface area contributed by atoms with E-state index >= 15 is 0 Å². The maximum atomic E-state index is 11.5. The van der Waals surface area contributed by atoms with Crippen LogP contribution in [0.4, 0.5) is 5.69 Å². The molecule has 4 nitrogen and oxygen atoms in total. The second-order valence-corrected chi connectivity index (χ2v) is 5.44. The molecule has 0 saturated heterocycles. The quantitative estimate of drug-likeness (QED) is 0.665. The number of benzene rings is 1. The van der Waals surface area contributed by atoms with Crippen molar-refractivity contribution in [1.82, 2.24) is 5.32 Å². The predicted octanol–water partition coefficient (Wildman–Crippen LogP) is 2.41. The molecule has 1 aromatic rings. The van der Waals surface area contributed by atoms with Crippen molar-refractivity contribution < 1.29 is 4.79 Å². The van der Waals surface area contributed by atoms with Crippen molar-refractivity contribution >= 4 is 44.7 Å². The van der Waals surface area contributed by atoms with Crippen LogP contribution in [0.1, 0.15) is 25.3 Å². The zero-order valence-electron chi connectivity index (χ0n) is 10.8. The third-order valence-electron chi connectivity index (χ3n) is 2.49. The molecule has 19 heavy (non-hydrogen) atoms. The number of rotatable bonds is 7. The first-order chi connectivity index (χ1) is 9.04. The SMILES string of the molecule is CCCNC(=O)CCNc1cc(Br)ccc1C(N)=S. The van der Waals surface area contributed by atoms with Crippen LogP contribution < -0.4 is 16.4 Å². The lowest BCUT2D eigenvalue weighted by Crippen LogP contribution is -2.26. The van der Waals surface area contributed by atoms with Crippen LogP contribution in [0.2, 0.25) is 0 Å². The number of amides is 1. The zero-order valence-corrected chi connectivity index (χ0v) is 13.2. The topological polar surface area (TPSA) is 67.2 Å². The standard InChI is InChI=1S/C13H18BrN3OS/c1-2-6-17-12(18)5-7-16-11-8-9(14)3-4-10(11)13(15)19/h3-4,8,16H,2,5-7H2,1H3,(H2,15,19)(H,17,18). The summed E-state index contributed by atoms with van der Waals surface area (Å²) in [4.78, 5) is 11.8. The summed E-state index contributed by atoms with van der Waals surface area (Å²) in [5.74, 6) is 0.0428. The first kappa shape index (κ1) is 15.9. The van der Waals surface area contributed by atoms with Gasteiger partial charge in [-0.25, -0.2) is 0 Å². The molecule has 4 N–H and O–H groups in total. The summed E-state index contributed by atoms with van der Waals surface area (Å²) in [6, 6.07) is 5.64. The Hall–Kier alpha value is -1.14. The van der Waals surface area contributed by atoms with Gasteiger partial charge in [0, 0.05) is 35.2 Å². The van der Waals surface area contributed by atoms with Crippen molar-refractivity contribution in [2.45, 2.75) is 19.8 Å². The molecule has 0 fully saturated rings. The van der Waals surface area contributed by atoms with Crippen molar-refractivity contribution in [2.24, 2.45) is 5.73 Å². The van der Waals surface area contributed by atoms with Crippen LogP contribution in [0.3, 0.4) is 0 Å². The van der Waals surface area contributed by atoms with Crippen LogP contribution in [0.15, 0.2) is 22.7 Å². The molecule has 0 aliphatic heterocycles. The van der Waals surface area contributed by atoms with Gasteiger partial charge in [0.05, 0.1) is 0 Å². The molecule has 0 saturated carbocycles. The predicted molar refractivity (Wildman–Crippen MR) is 86.4 cm³/mol. The van der Waals surface area contributed by atoms with Gasteiger partial charge in [0.1, 0.15) is 4.99 Å². The van der Waals surface area contributed by atoms with Crippen LogP contribution >= 0.6 is 28.1 Å². The van der Waals surface area contributed by atoms with Crippen molar-refractivity contribution in [1.29, 1.82) is 0 Å². The van der Waals surface area contributed by atoms with E-state index < -0.39 is 0 Å². The molecule has 0 spiro atoms. The van der Waals surface area contributed by atoms with Gasteiger partial charge in [-0.1, -0.05) is 35.1 Å². The van der Waals surface area contributed by atoms with Gasteiger partial charge in [-0.15, -0.1) is 0 Å². The van der Waals surface area contributed by atoms with Crippen LogP contribution in [0.5, 0.6) is 0 Å². The molecule has 0 heterocycles. The van der Waals surface area contributed by atoms with Gasteiger partial charge in [0.25, 0.3) is 0 Å². The minimum Gasteiger partial charge on any atom is -0.389 e. The molecular weight excluding hydrogens is 326 g/mol. The van der Waals surface area contributed by atoms with E-state index in [1.165, 1.54) is 0 Å². The second kappa shape index (κ2) is 8.12. The number of thiocarbonyl (C=S) groups is 1. The number of nitrogens with two attached hydrogens (primary N) is 1. The summed E-state index contributed by atoms with van der Waals surface area (Å²) >= 11 is 8.39. The molecule has 0 aliphatic carbocycles. The Labute approximate surface area is 127 Å². The lowest BCUT2D eigenvalue weighted by atomic mass is 10.1. The molecule has 104 valence electrons. The first-order valence-corrected chi connectivity index (χ1v) is 7.34. The molecule has 0 unspecified atom stereocenters. The normalized spacial score (nSPS) is 10.0. The molecule has 6 heteroatoms. The fourth-order valence-electron chi connectivity index (χ4n) is 1.54. The lowest BCUT2D eigenvalue weighted by Gasteiger charge is -2.11. The van der Waals surface area contributed by atoms with E-state index in [1.54, 1.807) is 0 Å². The van der Waals surface area contributed by atoms with Gasteiger partial charge in [-0.3, -0.25) is 4.79 Å². The Morgan fingerprint density at radius 3 is 2.79 bits per heavy atom. The smallest absolute Gasteiger partial charge is 0.221 e. The summed E-state index contributed by atoms with van der Waals surface area (Å²) < 4.78 is 0.936. The summed E-state index contributed by atoms with van der Waals surface area (Å²) in [5.41, 5.74) is 7.28. The molecule has 0 bridgehead atoms. The highest BCUT2D eigenvalue weighted by molar-refractivity contribution is 9.10. The van der Waals surface area contributed by atoms with Gasteiger partial charge in [-0.2, -0.15) is 0 Å². The van der Waals surface area contributed by atoms with Crippen molar-refractivity contribution in [3.8, 4) is 0 Å². The fourth-order valence-corrected chi connectivity index (χ4v) is 2.08. The van der Waals surface area contributed by atoms with Crippen molar-refractivity contribution in [3.63, 3.8) is 0 Å². The Kier molecular flexibility index (Phi) is 6.80.